The lowest BCUT2D eigenvalue weighted by atomic mass is 10.1. The molecule has 24 heavy (non-hydrogen) atoms. The Morgan fingerprint density at radius 3 is 2.50 bits per heavy atom. The molecule has 0 radical (unpaired) electrons. The lowest BCUT2D eigenvalue weighted by Gasteiger charge is -2.34. The number of hydrogen-bond acceptors (Lipinski definition) is 4. The normalized spacial score (nSPS) is 16.2. The number of carbonyl (C=O) groups excluding carboxylic acids is 1. The van der Waals surface area contributed by atoms with Gasteiger partial charge in [-0.2, -0.15) is 4.31 Å². The zero-order valence-corrected chi connectivity index (χ0v) is 14.8. The van der Waals surface area contributed by atoms with Crippen molar-refractivity contribution in [1.82, 2.24) is 9.21 Å². The maximum Gasteiger partial charge on any atom is 0.227 e. The minimum atomic E-state index is -3.23. The lowest BCUT2D eigenvalue weighted by molar-refractivity contribution is -0.131. The van der Waals surface area contributed by atoms with E-state index in [1.54, 1.807) is 4.90 Å². The fourth-order valence-corrected chi connectivity index (χ4v) is 4.26. The van der Waals surface area contributed by atoms with Crippen LogP contribution < -0.4 is 4.74 Å². The van der Waals surface area contributed by atoms with Gasteiger partial charge in [0.1, 0.15) is 11.6 Å². The van der Waals surface area contributed by atoms with Crippen LogP contribution in [0.3, 0.4) is 0 Å². The summed E-state index contributed by atoms with van der Waals surface area (Å²) in [4.78, 5) is 14.0. The lowest BCUT2D eigenvalue weighted by Crippen LogP contribution is -2.51. The van der Waals surface area contributed by atoms with E-state index in [9.17, 15) is 17.6 Å². The molecule has 8 heteroatoms. The fraction of sp³-hybridized carbons (Fsp3) is 0.562. The number of hydrogen-bond donors (Lipinski definition) is 0. The predicted octanol–water partition coefficient (Wildman–Crippen LogP) is 1.26. The summed E-state index contributed by atoms with van der Waals surface area (Å²) >= 11 is 0. The summed E-state index contributed by atoms with van der Waals surface area (Å²) in [7, 11) is -1.76. The van der Waals surface area contributed by atoms with E-state index in [4.69, 9.17) is 4.74 Å². The van der Waals surface area contributed by atoms with Crippen LogP contribution >= 0.6 is 0 Å². The standard InChI is InChI=1S/C16H23FN2O4S/c1-3-10-24(21,22)19-8-6-18(7-9-19)16(20)12-13-11-14(17)4-5-15(13)23-2/h4-5,11H,3,6-10,12H2,1-2H3. The maximum atomic E-state index is 13.4. The molecule has 0 aromatic heterocycles. The van der Waals surface area contributed by atoms with Gasteiger partial charge in [-0.15, -0.1) is 0 Å². The first-order valence-corrected chi connectivity index (χ1v) is 9.56. The molecule has 0 unspecified atom stereocenters. The quantitative estimate of drug-likeness (QED) is 0.768. The Hall–Kier alpha value is -1.67. The van der Waals surface area contributed by atoms with Crippen molar-refractivity contribution in [2.45, 2.75) is 19.8 Å². The van der Waals surface area contributed by atoms with Gasteiger partial charge in [0.2, 0.25) is 15.9 Å². The minimum Gasteiger partial charge on any atom is -0.496 e. The summed E-state index contributed by atoms with van der Waals surface area (Å²) in [5, 5.41) is 0. The monoisotopic (exact) mass is 358 g/mol. The molecule has 0 N–H and O–H groups in total. The molecule has 2 rings (SSSR count). The summed E-state index contributed by atoms with van der Waals surface area (Å²) in [6, 6.07) is 4.07. The number of carbonyl (C=O) groups is 1. The Morgan fingerprint density at radius 2 is 1.92 bits per heavy atom. The van der Waals surface area contributed by atoms with E-state index >= 15 is 0 Å². The number of sulfonamides is 1. The zero-order valence-electron chi connectivity index (χ0n) is 14.0. The van der Waals surface area contributed by atoms with Crippen molar-refractivity contribution in [3.63, 3.8) is 0 Å². The first-order chi connectivity index (χ1) is 11.4. The highest BCUT2D eigenvalue weighted by Crippen LogP contribution is 2.21. The molecule has 1 aromatic rings. The molecule has 1 aliphatic rings. The van der Waals surface area contributed by atoms with Gasteiger partial charge in [-0.1, -0.05) is 6.92 Å². The van der Waals surface area contributed by atoms with E-state index in [1.165, 1.54) is 29.6 Å². The molecular weight excluding hydrogens is 335 g/mol. The summed E-state index contributed by atoms with van der Waals surface area (Å²) in [5.41, 5.74) is 0.489. The van der Waals surface area contributed by atoms with Crippen LogP contribution in [0.25, 0.3) is 0 Å². The zero-order chi connectivity index (χ0) is 17.7. The Balaban J connectivity index is 1.98. The SMILES string of the molecule is CCCS(=O)(=O)N1CCN(C(=O)Cc2cc(F)ccc2OC)CC1. The second kappa shape index (κ2) is 7.94. The van der Waals surface area contributed by atoms with Crippen LogP contribution in [-0.4, -0.2) is 62.6 Å². The smallest absolute Gasteiger partial charge is 0.227 e. The van der Waals surface area contributed by atoms with Crippen molar-refractivity contribution < 1.29 is 22.3 Å². The maximum absolute atomic E-state index is 13.4. The third kappa shape index (κ3) is 4.45. The summed E-state index contributed by atoms with van der Waals surface area (Å²) < 4.78 is 44.0. The van der Waals surface area contributed by atoms with Gasteiger partial charge >= 0.3 is 0 Å². The van der Waals surface area contributed by atoms with Gasteiger partial charge in [-0.3, -0.25) is 4.79 Å². The number of piperazine rings is 1. The molecule has 1 aromatic carbocycles. The van der Waals surface area contributed by atoms with E-state index in [-0.39, 0.29) is 18.1 Å². The van der Waals surface area contributed by atoms with Gasteiger partial charge in [0.25, 0.3) is 0 Å². The number of nitrogens with zero attached hydrogens (tertiary/aromatic N) is 2. The third-order valence-electron chi connectivity index (χ3n) is 4.03. The highest BCUT2D eigenvalue weighted by Gasteiger charge is 2.28. The van der Waals surface area contributed by atoms with E-state index < -0.39 is 15.8 Å². The molecule has 0 atom stereocenters. The molecule has 1 aliphatic heterocycles. The largest absolute Gasteiger partial charge is 0.496 e. The van der Waals surface area contributed by atoms with Gasteiger partial charge in [-0.05, 0) is 24.6 Å². The Kier molecular flexibility index (Phi) is 6.17. The minimum absolute atomic E-state index is 0.0304. The van der Waals surface area contributed by atoms with Gasteiger partial charge in [-0.25, -0.2) is 12.8 Å². The molecular formula is C16H23FN2O4S. The summed E-state index contributed by atoms with van der Waals surface area (Å²) in [5.74, 6) is 0.0102. The number of amides is 1. The van der Waals surface area contributed by atoms with E-state index in [0.717, 1.165) is 0 Å². The Morgan fingerprint density at radius 1 is 1.25 bits per heavy atom. The average Bonchev–Trinajstić information content (AvgIpc) is 2.55. The number of methoxy groups -OCH3 is 1. The van der Waals surface area contributed by atoms with E-state index in [1.807, 2.05) is 6.92 Å². The van der Waals surface area contributed by atoms with Crippen molar-refractivity contribution in [3.05, 3.63) is 29.6 Å². The topological polar surface area (TPSA) is 66.9 Å². The highest BCUT2D eigenvalue weighted by atomic mass is 32.2. The van der Waals surface area contributed by atoms with Crippen LogP contribution in [0.1, 0.15) is 18.9 Å². The number of benzene rings is 1. The van der Waals surface area contributed by atoms with E-state index in [0.29, 0.717) is 43.9 Å². The van der Waals surface area contributed by atoms with Crippen LogP contribution in [0, 0.1) is 5.82 Å². The molecule has 1 heterocycles. The molecule has 6 nitrogen and oxygen atoms in total. The van der Waals surface area contributed by atoms with Gasteiger partial charge in [0, 0.05) is 31.7 Å². The molecule has 134 valence electrons. The van der Waals surface area contributed by atoms with Crippen LogP contribution in [0.5, 0.6) is 5.75 Å². The van der Waals surface area contributed by atoms with Crippen LogP contribution in [0.4, 0.5) is 4.39 Å². The molecule has 0 spiro atoms. The second-order valence-corrected chi connectivity index (χ2v) is 7.82. The van der Waals surface area contributed by atoms with E-state index in [2.05, 4.69) is 0 Å². The Labute approximate surface area is 142 Å². The summed E-state index contributed by atoms with van der Waals surface area (Å²) in [6.45, 7) is 3.12. The predicted molar refractivity (Wildman–Crippen MR) is 88.9 cm³/mol. The number of rotatable bonds is 6. The van der Waals surface area contributed by atoms with Crippen molar-refractivity contribution in [1.29, 1.82) is 0 Å². The van der Waals surface area contributed by atoms with Crippen molar-refractivity contribution in [3.8, 4) is 5.75 Å². The van der Waals surface area contributed by atoms with Gasteiger partial charge < -0.3 is 9.64 Å². The first-order valence-electron chi connectivity index (χ1n) is 7.95. The van der Waals surface area contributed by atoms with Crippen molar-refractivity contribution in [2.24, 2.45) is 0 Å². The number of ether oxygens (including phenoxy) is 1. The third-order valence-corrected chi connectivity index (χ3v) is 6.11. The summed E-state index contributed by atoms with van der Waals surface area (Å²) in [6.07, 6.45) is 0.601. The Bertz CT molecular complexity index is 685. The molecule has 1 amide bonds. The molecule has 0 aliphatic carbocycles. The van der Waals surface area contributed by atoms with Crippen LogP contribution in [-0.2, 0) is 21.2 Å². The van der Waals surface area contributed by atoms with Crippen molar-refractivity contribution in [2.75, 3.05) is 39.0 Å². The molecule has 1 fully saturated rings. The van der Waals surface area contributed by atoms with Gasteiger partial charge in [0.15, 0.2) is 0 Å². The first kappa shape index (κ1) is 18.7. The second-order valence-electron chi connectivity index (χ2n) is 5.73. The van der Waals surface area contributed by atoms with Gasteiger partial charge in [0.05, 0.1) is 19.3 Å². The fourth-order valence-electron chi connectivity index (χ4n) is 2.76. The highest BCUT2D eigenvalue weighted by molar-refractivity contribution is 7.89. The molecule has 0 bridgehead atoms. The van der Waals surface area contributed by atoms with Crippen LogP contribution in [0.15, 0.2) is 18.2 Å². The molecule has 1 saturated heterocycles. The number of halogens is 1. The average molecular weight is 358 g/mol. The molecule has 0 saturated carbocycles. The van der Waals surface area contributed by atoms with Crippen LogP contribution in [0.2, 0.25) is 0 Å². The van der Waals surface area contributed by atoms with Crippen molar-refractivity contribution >= 4 is 15.9 Å².